The van der Waals surface area contributed by atoms with Gasteiger partial charge in [0.25, 0.3) is 6.73 Å². The Morgan fingerprint density at radius 2 is 2.18 bits per heavy atom. The molecule has 0 bridgehead atoms. The molecule has 1 N–H and O–H groups in total. The number of aromatic carboxylic acids is 1. The zero-order valence-corrected chi connectivity index (χ0v) is 13.8. The highest BCUT2D eigenvalue weighted by Gasteiger charge is 2.23. The van der Waals surface area contributed by atoms with Crippen molar-refractivity contribution in [3.63, 3.8) is 0 Å². The van der Waals surface area contributed by atoms with Gasteiger partial charge in [0.05, 0.1) is 11.3 Å². The fraction of sp³-hybridized carbons (Fsp3) is 0.333. The molecule has 0 aliphatic carbocycles. The Morgan fingerprint density at radius 1 is 1.50 bits per heavy atom. The Balaban J connectivity index is 0.000000255. The van der Waals surface area contributed by atoms with E-state index in [0.717, 1.165) is 3.95 Å². The van der Waals surface area contributed by atoms with Gasteiger partial charge in [0.2, 0.25) is 0 Å². The molecule has 0 aromatic carbocycles. The van der Waals surface area contributed by atoms with Crippen molar-refractivity contribution in [2.24, 2.45) is 0 Å². The minimum absolute atomic E-state index is 0.0917. The normalized spacial score (nSPS) is 9.77. The summed E-state index contributed by atoms with van der Waals surface area (Å²) in [5.41, 5.74) is 1.35. The first-order chi connectivity index (χ1) is 10.4. The van der Waals surface area contributed by atoms with Crippen LogP contribution in [0.25, 0.3) is 0 Å². The van der Waals surface area contributed by atoms with Gasteiger partial charge in [0, 0.05) is 7.11 Å². The summed E-state index contributed by atoms with van der Waals surface area (Å²) in [4.78, 5) is 10.5. The number of methoxy groups -OCH3 is 1. The van der Waals surface area contributed by atoms with E-state index in [1.165, 1.54) is 18.4 Å². The van der Waals surface area contributed by atoms with Gasteiger partial charge in [-0.3, -0.25) is 4.52 Å². The number of carbonyl (C=O) groups is 1. The van der Waals surface area contributed by atoms with Crippen LogP contribution in [0.15, 0.2) is 22.0 Å². The molecule has 0 amide bonds. The number of carboxylic acids is 1. The monoisotopic (exact) mass is 347 g/mol. The lowest BCUT2D eigenvalue weighted by Gasteiger charge is -1.90. The van der Waals surface area contributed by atoms with Crippen LogP contribution in [-0.2, 0) is 15.2 Å². The van der Waals surface area contributed by atoms with Crippen molar-refractivity contribution in [3.05, 3.63) is 33.6 Å². The Morgan fingerprint density at radius 3 is 2.50 bits per heavy atom. The second-order valence-corrected chi connectivity index (χ2v) is 5.82. The van der Waals surface area contributed by atoms with Crippen LogP contribution in [0.3, 0.4) is 0 Å². The fourth-order valence-electron chi connectivity index (χ4n) is 1.32. The van der Waals surface area contributed by atoms with Crippen molar-refractivity contribution in [2.75, 3.05) is 13.8 Å². The van der Waals surface area contributed by atoms with Crippen molar-refractivity contribution in [2.45, 2.75) is 13.8 Å². The first-order valence-electron chi connectivity index (χ1n) is 5.94. The van der Waals surface area contributed by atoms with E-state index in [4.69, 9.17) is 14.4 Å². The summed E-state index contributed by atoms with van der Waals surface area (Å²) in [5.74, 6) is -0.655. The number of aromatic nitrogens is 1. The third-order valence-corrected chi connectivity index (χ3v) is 4.01. The number of rotatable bonds is 4. The summed E-state index contributed by atoms with van der Waals surface area (Å²) >= 11 is 1.23. The predicted octanol–water partition coefficient (Wildman–Crippen LogP) is 2.05. The van der Waals surface area contributed by atoms with Crippen LogP contribution < -0.4 is 0 Å². The van der Waals surface area contributed by atoms with E-state index >= 15 is 0 Å². The van der Waals surface area contributed by atoms with Gasteiger partial charge < -0.3 is 9.84 Å². The first-order valence-corrected chi connectivity index (χ1v) is 7.85. The molecule has 0 saturated carbocycles. The maximum Gasteiger partial charge on any atom is 0.470 e. The molecule has 2 aromatic heterocycles. The summed E-state index contributed by atoms with van der Waals surface area (Å²) < 4.78 is 32.2. The molecular weight excluding hydrogens is 332 g/mol. The predicted molar refractivity (Wildman–Crippen MR) is 78.0 cm³/mol. The molecule has 10 heteroatoms. The van der Waals surface area contributed by atoms with Gasteiger partial charge in [-0.05, 0) is 29.2 Å². The average Bonchev–Trinajstić information content (AvgIpc) is 3.09. The lowest BCUT2D eigenvalue weighted by molar-refractivity contribution is -0.479. The quantitative estimate of drug-likeness (QED) is 0.665. The van der Waals surface area contributed by atoms with Crippen molar-refractivity contribution in [1.82, 2.24) is 5.16 Å². The number of aryl methyl sites for hydroxylation is 1. The van der Waals surface area contributed by atoms with Crippen LogP contribution in [-0.4, -0.2) is 42.4 Å². The smallest absolute Gasteiger partial charge is 0.470 e. The van der Waals surface area contributed by atoms with E-state index in [0.29, 0.717) is 16.1 Å². The summed E-state index contributed by atoms with van der Waals surface area (Å²) in [5, 5.41) is 13.7. The highest BCUT2D eigenvalue weighted by molar-refractivity contribution is 7.59. The van der Waals surface area contributed by atoms with Gasteiger partial charge in [-0.1, -0.05) is 11.2 Å². The maximum atomic E-state index is 10.8. The minimum atomic E-state index is -2.43. The minimum Gasteiger partial charge on any atom is -0.477 e. The van der Waals surface area contributed by atoms with Crippen LogP contribution in [0, 0.1) is 13.8 Å². The zero-order valence-electron chi connectivity index (χ0n) is 12.1. The number of hydrogen-bond acceptors (Lipinski definition) is 7. The summed E-state index contributed by atoms with van der Waals surface area (Å²) in [6.07, 6.45) is 0. The second kappa shape index (κ2) is 8.41. The van der Waals surface area contributed by atoms with Gasteiger partial charge in [0.1, 0.15) is 4.88 Å². The van der Waals surface area contributed by atoms with Crippen molar-refractivity contribution in [1.29, 1.82) is 0 Å². The summed E-state index contributed by atoms with van der Waals surface area (Å²) in [6.45, 7) is 3.38. The molecule has 22 heavy (non-hydrogen) atoms. The van der Waals surface area contributed by atoms with Crippen LogP contribution >= 0.6 is 11.3 Å². The average molecular weight is 347 g/mol. The first kappa shape index (κ1) is 18.0. The Bertz CT molecular complexity index is 754. The van der Waals surface area contributed by atoms with E-state index in [-0.39, 0.29) is 12.6 Å². The van der Waals surface area contributed by atoms with Gasteiger partial charge >= 0.3 is 22.4 Å². The lowest BCUT2D eigenvalue weighted by Crippen LogP contribution is -2.08. The Hall–Kier alpha value is -2.04. The molecule has 0 fully saturated rings. The molecule has 2 heterocycles. The molecule has 0 aliphatic heterocycles. The van der Waals surface area contributed by atoms with E-state index in [1.807, 2.05) is 0 Å². The number of carboxylic acid groups (broad SMARTS) is 1. The third kappa shape index (κ3) is 4.76. The van der Waals surface area contributed by atoms with Crippen molar-refractivity contribution in [3.8, 4) is 0 Å². The number of hydrogen-bond donors (Lipinski definition) is 1. The maximum absolute atomic E-state index is 10.8. The molecule has 0 saturated heterocycles. The molecule has 8 nitrogen and oxygen atoms in total. The largest absolute Gasteiger partial charge is 0.477 e. The van der Waals surface area contributed by atoms with Gasteiger partial charge in [-0.25, -0.2) is 4.79 Å². The van der Waals surface area contributed by atoms with E-state index in [9.17, 15) is 13.2 Å². The zero-order chi connectivity index (χ0) is 16.7. The molecule has 0 spiro atoms. The second-order valence-electron chi connectivity index (χ2n) is 3.99. The van der Waals surface area contributed by atoms with Crippen molar-refractivity contribution >= 4 is 33.7 Å². The molecule has 2 aromatic rings. The topological polar surface area (TPSA) is 110 Å². The molecule has 0 radical (unpaired) electrons. The molecular formula is C12H15N2O6S2+. The van der Waals surface area contributed by atoms with Gasteiger partial charge in [-0.2, -0.15) is 0 Å². The fourth-order valence-corrected chi connectivity index (χ4v) is 2.38. The summed E-state index contributed by atoms with van der Waals surface area (Å²) in [6, 6.07) is 3.29. The Kier molecular flexibility index (Phi) is 6.89. The highest BCUT2D eigenvalue weighted by atomic mass is 32.2. The van der Waals surface area contributed by atoms with E-state index in [1.54, 1.807) is 31.4 Å². The number of ether oxygens (including phenoxy) is 1. The van der Waals surface area contributed by atoms with Crippen LogP contribution in [0.1, 0.15) is 20.9 Å². The molecule has 0 unspecified atom stereocenters. The highest BCUT2D eigenvalue weighted by Crippen LogP contribution is 2.20. The number of thiophene rings is 1. The van der Waals surface area contributed by atoms with Gasteiger partial charge in [-0.15, -0.1) is 19.8 Å². The molecule has 0 atom stereocenters. The SMILES string of the molecule is COC[N+](c1onc(C)c1C)=S(=O)=O.O=C(O)c1cccs1. The molecule has 0 aliphatic rings. The standard InChI is InChI=1S/C7H11N2O4S.C5H4O2S/c1-5-6(2)8-13-7(5)9(4-12-3)14(10)11;6-5(7)4-2-1-3-8-4/h4H2,1-3H3;1-3H,(H,6,7)/q+1;. The van der Waals surface area contributed by atoms with Crippen LogP contribution in [0.5, 0.6) is 0 Å². The lowest BCUT2D eigenvalue weighted by atomic mass is 10.3. The van der Waals surface area contributed by atoms with E-state index in [2.05, 4.69) is 5.16 Å². The van der Waals surface area contributed by atoms with Gasteiger partial charge in [0.15, 0.2) is 0 Å². The van der Waals surface area contributed by atoms with Crippen molar-refractivity contribution < 1.29 is 31.5 Å². The third-order valence-electron chi connectivity index (χ3n) is 2.52. The van der Waals surface area contributed by atoms with Crippen LogP contribution in [0.2, 0.25) is 0 Å². The number of nitrogens with zero attached hydrogens (tertiary/aromatic N) is 2. The molecule has 2 rings (SSSR count). The van der Waals surface area contributed by atoms with E-state index < -0.39 is 16.5 Å². The Labute approximate surface area is 132 Å². The summed E-state index contributed by atoms with van der Waals surface area (Å²) in [7, 11) is -1.03. The molecule has 120 valence electrons. The van der Waals surface area contributed by atoms with Crippen LogP contribution in [0.4, 0.5) is 5.88 Å².